The molecular formula is C14H11BrClFO. The fraction of sp³-hybridized carbons (Fsp3) is 0.143. The van der Waals surface area contributed by atoms with E-state index in [-0.39, 0.29) is 5.82 Å². The Hall–Kier alpha value is -0.900. The van der Waals surface area contributed by atoms with Gasteiger partial charge < -0.3 is 5.11 Å². The van der Waals surface area contributed by atoms with Gasteiger partial charge >= 0.3 is 0 Å². The maximum Gasteiger partial charge on any atom is 0.123 e. The van der Waals surface area contributed by atoms with E-state index in [0.717, 1.165) is 10.0 Å². The molecule has 0 aliphatic carbocycles. The molecule has 0 fully saturated rings. The van der Waals surface area contributed by atoms with Gasteiger partial charge in [-0.25, -0.2) is 4.39 Å². The molecule has 4 heteroatoms. The second-order valence-corrected chi connectivity index (χ2v) is 5.34. The standard InChI is InChI=1S/C14H11BrClFO/c15-10-4-5-12(13(16)8-10)14(18)7-9-2-1-3-11(17)6-9/h1-6,8,14,18H,7H2. The SMILES string of the molecule is OC(Cc1cccc(F)c1)c1ccc(Br)cc1Cl. The van der Waals surface area contributed by atoms with Crippen molar-refractivity contribution in [2.75, 3.05) is 0 Å². The third kappa shape index (κ3) is 3.31. The van der Waals surface area contributed by atoms with E-state index < -0.39 is 6.10 Å². The zero-order valence-corrected chi connectivity index (χ0v) is 11.7. The lowest BCUT2D eigenvalue weighted by atomic mass is 10.0. The van der Waals surface area contributed by atoms with Gasteiger partial charge in [0, 0.05) is 15.9 Å². The summed E-state index contributed by atoms with van der Waals surface area (Å²) in [5.74, 6) is -0.304. The van der Waals surface area contributed by atoms with Crippen LogP contribution in [0.1, 0.15) is 17.2 Å². The molecule has 2 aromatic rings. The second kappa shape index (κ2) is 5.83. The monoisotopic (exact) mass is 328 g/mol. The lowest BCUT2D eigenvalue weighted by molar-refractivity contribution is 0.178. The van der Waals surface area contributed by atoms with Crippen molar-refractivity contribution in [1.82, 2.24) is 0 Å². The minimum absolute atomic E-state index is 0.304. The van der Waals surface area contributed by atoms with Gasteiger partial charge in [-0.15, -0.1) is 0 Å². The molecule has 0 saturated heterocycles. The Morgan fingerprint density at radius 1 is 1.22 bits per heavy atom. The molecule has 0 aliphatic heterocycles. The van der Waals surface area contributed by atoms with Crippen LogP contribution in [-0.4, -0.2) is 5.11 Å². The maximum absolute atomic E-state index is 13.0. The average Bonchev–Trinajstić information content (AvgIpc) is 2.28. The molecule has 0 aliphatic rings. The number of rotatable bonds is 3. The lowest BCUT2D eigenvalue weighted by Crippen LogP contribution is -2.02. The summed E-state index contributed by atoms with van der Waals surface area (Å²) in [5, 5.41) is 10.6. The largest absolute Gasteiger partial charge is 0.388 e. The van der Waals surface area contributed by atoms with E-state index in [1.807, 2.05) is 6.07 Å². The van der Waals surface area contributed by atoms with Crippen LogP contribution in [-0.2, 0) is 6.42 Å². The molecule has 0 amide bonds. The number of benzene rings is 2. The first-order chi connectivity index (χ1) is 8.56. The summed E-state index contributed by atoms with van der Waals surface area (Å²) < 4.78 is 13.9. The van der Waals surface area contributed by atoms with E-state index in [9.17, 15) is 9.50 Å². The van der Waals surface area contributed by atoms with Crippen LogP contribution in [0.5, 0.6) is 0 Å². The van der Waals surface area contributed by atoms with Crippen LogP contribution in [0.25, 0.3) is 0 Å². The van der Waals surface area contributed by atoms with Crippen molar-refractivity contribution < 1.29 is 9.50 Å². The zero-order valence-electron chi connectivity index (χ0n) is 9.41. The van der Waals surface area contributed by atoms with Crippen LogP contribution in [0.2, 0.25) is 5.02 Å². The number of aliphatic hydroxyl groups is 1. The predicted octanol–water partition coefficient (Wildman–Crippen LogP) is 4.52. The molecule has 0 saturated carbocycles. The summed E-state index contributed by atoms with van der Waals surface area (Å²) >= 11 is 9.36. The molecule has 0 radical (unpaired) electrons. The van der Waals surface area contributed by atoms with Gasteiger partial charge in [0.25, 0.3) is 0 Å². The summed E-state index contributed by atoms with van der Waals surface area (Å²) in [7, 11) is 0. The van der Waals surface area contributed by atoms with Crippen molar-refractivity contribution >= 4 is 27.5 Å². The van der Waals surface area contributed by atoms with Crippen LogP contribution < -0.4 is 0 Å². The first-order valence-corrected chi connectivity index (χ1v) is 6.61. The first kappa shape index (κ1) is 13.5. The number of hydrogen-bond donors (Lipinski definition) is 1. The molecule has 18 heavy (non-hydrogen) atoms. The zero-order chi connectivity index (χ0) is 13.1. The van der Waals surface area contributed by atoms with Crippen molar-refractivity contribution in [3.05, 3.63) is 68.9 Å². The van der Waals surface area contributed by atoms with Gasteiger partial charge in [-0.1, -0.05) is 45.7 Å². The van der Waals surface area contributed by atoms with E-state index >= 15 is 0 Å². The molecule has 0 aromatic heterocycles. The molecule has 1 unspecified atom stereocenters. The molecule has 1 atom stereocenters. The quantitative estimate of drug-likeness (QED) is 0.878. The summed E-state index contributed by atoms with van der Waals surface area (Å²) in [6.45, 7) is 0. The fourth-order valence-electron chi connectivity index (χ4n) is 1.77. The van der Waals surface area contributed by atoms with Crippen molar-refractivity contribution in [2.24, 2.45) is 0 Å². The lowest BCUT2D eigenvalue weighted by Gasteiger charge is -2.13. The molecule has 0 bridgehead atoms. The van der Waals surface area contributed by atoms with Crippen molar-refractivity contribution in [3.8, 4) is 0 Å². The van der Waals surface area contributed by atoms with E-state index in [0.29, 0.717) is 17.0 Å². The predicted molar refractivity (Wildman–Crippen MR) is 74.2 cm³/mol. The number of halogens is 3. The number of aliphatic hydroxyl groups excluding tert-OH is 1. The molecule has 2 rings (SSSR count). The van der Waals surface area contributed by atoms with Crippen LogP contribution in [0.3, 0.4) is 0 Å². The fourth-order valence-corrected chi connectivity index (χ4v) is 2.57. The topological polar surface area (TPSA) is 20.2 Å². The van der Waals surface area contributed by atoms with Gasteiger partial charge in [-0.3, -0.25) is 0 Å². The Bertz CT molecular complexity index is 559. The van der Waals surface area contributed by atoms with Crippen molar-refractivity contribution in [3.63, 3.8) is 0 Å². The van der Waals surface area contributed by atoms with E-state index in [1.165, 1.54) is 12.1 Å². The highest BCUT2D eigenvalue weighted by Crippen LogP contribution is 2.28. The number of hydrogen-bond acceptors (Lipinski definition) is 1. The van der Waals surface area contributed by atoms with Gasteiger partial charge in [0.15, 0.2) is 0 Å². The van der Waals surface area contributed by atoms with Gasteiger partial charge in [-0.05, 0) is 35.4 Å². The molecule has 2 aromatic carbocycles. The summed E-state index contributed by atoms with van der Waals surface area (Å²) in [6, 6.07) is 11.5. The molecule has 1 nitrogen and oxygen atoms in total. The smallest absolute Gasteiger partial charge is 0.123 e. The Kier molecular flexibility index (Phi) is 4.38. The molecule has 0 spiro atoms. The minimum atomic E-state index is -0.743. The van der Waals surface area contributed by atoms with E-state index in [4.69, 9.17) is 11.6 Å². The third-order valence-electron chi connectivity index (χ3n) is 2.64. The first-order valence-electron chi connectivity index (χ1n) is 5.44. The highest BCUT2D eigenvalue weighted by Gasteiger charge is 2.12. The van der Waals surface area contributed by atoms with Gasteiger partial charge in [-0.2, -0.15) is 0 Å². The molecule has 0 heterocycles. The van der Waals surface area contributed by atoms with Crippen LogP contribution in [0.15, 0.2) is 46.9 Å². The average molecular weight is 330 g/mol. The Labute approximate surface area is 118 Å². The van der Waals surface area contributed by atoms with Gasteiger partial charge in [0.2, 0.25) is 0 Å². The minimum Gasteiger partial charge on any atom is -0.388 e. The van der Waals surface area contributed by atoms with Gasteiger partial charge in [0.05, 0.1) is 6.10 Å². The normalized spacial score (nSPS) is 12.4. The molecular weight excluding hydrogens is 319 g/mol. The van der Waals surface area contributed by atoms with Crippen LogP contribution in [0.4, 0.5) is 4.39 Å². The second-order valence-electron chi connectivity index (χ2n) is 4.02. The van der Waals surface area contributed by atoms with E-state index in [1.54, 1.807) is 24.3 Å². The highest BCUT2D eigenvalue weighted by atomic mass is 79.9. The Balaban J connectivity index is 2.19. The Morgan fingerprint density at radius 3 is 2.67 bits per heavy atom. The van der Waals surface area contributed by atoms with Crippen LogP contribution >= 0.6 is 27.5 Å². The third-order valence-corrected chi connectivity index (χ3v) is 3.46. The summed E-state index contributed by atoms with van der Waals surface area (Å²) in [6.07, 6.45) is -0.411. The van der Waals surface area contributed by atoms with Crippen molar-refractivity contribution in [1.29, 1.82) is 0 Å². The van der Waals surface area contributed by atoms with Crippen LogP contribution in [0, 0.1) is 5.82 Å². The molecule has 1 N–H and O–H groups in total. The van der Waals surface area contributed by atoms with Crippen molar-refractivity contribution in [2.45, 2.75) is 12.5 Å². The summed E-state index contributed by atoms with van der Waals surface area (Å²) in [4.78, 5) is 0. The van der Waals surface area contributed by atoms with E-state index in [2.05, 4.69) is 15.9 Å². The summed E-state index contributed by atoms with van der Waals surface area (Å²) in [5.41, 5.74) is 1.38. The van der Waals surface area contributed by atoms with Gasteiger partial charge in [0.1, 0.15) is 5.82 Å². The molecule has 94 valence electrons. The maximum atomic E-state index is 13.0. The Morgan fingerprint density at radius 2 is 2.00 bits per heavy atom. The highest BCUT2D eigenvalue weighted by molar-refractivity contribution is 9.10.